The van der Waals surface area contributed by atoms with E-state index in [2.05, 4.69) is 5.32 Å². The van der Waals surface area contributed by atoms with Gasteiger partial charge >= 0.3 is 5.97 Å². The molecule has 1 unspecified atom stereocenters. The highest BCUT2D eigenvalue weighted by molar-refractivity contribution is 8.00. The van der Waals surface area contributed by atoms with Crippen LogP contribution in [-0.4, -0.2) is 60.6 Å². The van der Waals surface area contributed by atoms with Crippen molar-refractivity contribution in [2.24, 2.45) is 0 Å². The van der Waals surface area contributed by atoms with Crippen LogP contribution in [0.3, 0.4) is 0 Å². The molecule has 0 aromatic heterocycles. The highest BCUT2D eigenvalue weighted by Gasteiger charge is 2.19. The van der Waals surface area contributed by atoms with Crippen molar-refractivity contribution in [2.75, 3.05) is 37.7 Å². The van der Waals surface area contributed by atoms with E-state index >= 15 is 0 Å². The van der Waals surface area contributed by atoms with Crippen LogP contribution in [0.4, 0.5) is 0 Å². The van der Waals surface area contributed by atoms with Crippen molar-refractivity contribution in [1.29, 1.82) is 0 Å². The molecule has 0 saturated carbocycles. The summed E-state index contributed by atoms with van der Waals surface area (Å²) in [5.74, 6) is 0.837. The van der Waals surface area contributed by atoms with Crippen LogP contribution < -0.4 is 5.32 Å². The molecule has 0 fully saturated rings. The third-order valence-electron chi connectivity index (χ3n) is 2.65. The molecule has 0 heterocycles. The number of likely N-dealkylation sites (N-methyl/N-ethyl adjacent to an activating group) is 1. The van der Waals surface area contributed by atoms with Gasteiger partial charge in [-0.3, -0.25) is 9.59 Å². The van der Waals surface area contributed by atoms with E-state index in [0.29, 0.717) is 24.7 Å². The summed E-state index contributed by atoms with van der Waals surface area (Å²) in [6, 6.07) is -0.334. The molecule has 0 aliphatic rings. The summed E-state index contributed by atoms with van der Waals surface area (Å²) >= 11 is 1.47. The van der Waals surface area contributed by atoms with Gasteiger partial charge in [-0.2, -0.15) is 0 Å². The number of hydrogen-bond donors (Lipinski definition) is 1. The number of carbonyl (C=O) groups excluding carboxylic acids is 2. The molecule has 0 radical (unpaired) electrons. The number of amides is 1. The Morgan fingerprint density at radius 2 is 1.84 bits per heavy atom. The zero-order valence-corrected chi connectivity index (χ0v) is 13.2. The largest absolute Gasteiger partial charge is 0.465 e. The van der Waals surface area contributed by atoms with Crippen molar-refractivity contribution in [1.82, 2.24) is 10.2 Å². The first-order chi connectivity index (χ1) is 9.10. The van der Waals surface area contributed by atoms with Gasteiger partial charge in [0.2, 0.25) is 5.91 Å². The van der Waals surface area contributed by atoms with Gasteiger partial charge in [0, 0.05) is 18.8 Å². The lowest BCUT2D eigenvalue weighted by Crippen LogP contribution is -2.40. The van der Waals surface area contributed by atoms with Gasteiger partial charge in [0.25, 0.3) is 0 Å². The molecule has 0 bridgehead atoms. The Bertz CT molecular complexity index is 271. The summed E-state index contributed by atoms with van der Waals surface area (Å²) in [5, 5.41) is 3.08. The first-order valence-electron chi connectivity index (χ1n) is 6.86. The maximum atomic E-state index is 11.8. The molecule has 19 heavy (non-hydrogen) atoms. The highest BCUT2D eigenvalue weighted by atomic mass is 32.2. The molecule has 1 amide bonds. The Morgan fingerprint density at radius 1 is 1.21 bits per heavy atom. The molecule has 1 atom stereocenters. The molecule has 0 rings (SSSR count). The number of thioether (sulfide) groups is 1. The van der Waals surface area contributed by atoms with E-state index in [-0.39, 0.29) is 17.9 Å². The van der Waals surface area contributed by atoms with Crippen LogP contribution in [0.2, 0.25) is 0 Å². The second-order valence-electron chi connectivity index (χ2n) is 3.94. The van der Waals surface area contributed by atoms with E-state index in [1.54, 1.807) is 11.8 Å². The van der Waals surface area contributed by atoms with Gasteiger partial charge in [-0.15, -0.1) is 11.8 Å². The number of hydrogen-bond acceptors (Lipinski definition) is 5. The number of nitrogens with one attached hydrogen (secondary N) is 1. The molecule has 5 nitrogen and oxygen atoms in total. The lowest BCUT2D eigenvalue weighted by atomic mass is 10.3. The molecular weight excluding hydrogens is 264 g/mol. The number of carbonyl (C=O) groups is 2. The van der Waals surface area contributed by atoms with E-state index in [1.165, 1.54) is 11.8 Å². The molecule has 112 valence electrons. The minimum absolute atomic E-state index is 0.120. The number of rotatable bonds is 10. The minimum atomic E-state index is -0.334. The zero-order chi connectivity index (χ0) is 14.7. The minimum Gasteiger partial charge on any atom is -0.465 e. The van der Waals surface area contributed by atoms with Gasteiger partial charge < -0.3 is 15.0 Å². The fourth-order valence-corrected chi connectivity index (χ4v) is 2.60. The smallest absolute Gasteiger partial charge is 0.323 e. The molecule has 0 aromatic carbocycles. The van der Waals surface area contributed by atoms with Crippen LogP contribution in [0.25, 0.3) is 0 Å². The number of esters is 1. The fourth-order valence-electron chi connectivity index (χ4n) is 1.63. The third kappa shape index (κ3) is 7.42. The van der Waals surface area contributed by atoms with Crippen LogP contribution in [0.15, 0.2) is 0 Å². The molecular formula is C13H26N2O3S. The SMILES string of the molecule is CCNC(CSCC(=O)N(CC)CC)C(=O)OCC. The summed E-state index contributed by atoms with van der Waals surface area (Å²) < 4.78 is 4.99. The lowest BCUT2D eigenvalue weighted by molar-refractivity contribution is -0.145. The molecule has 1 N–H and O–H groups in total. The van der Waals surface area contributed by atoms with Crippen LogP contribution in [-0.2, 0) is 14.3 Å². The summed E-state index contributed by atoms with van der Waals surface area (Å²) in [6.45, 7) is 10.2. The van der Waals surface area contributed by atoms with Gasteiger partial charge in [-0.25, -0.2) is 0 Å². The average molecular weight is 290 g/mol. The van der Waals surface area contributed by atoms with E-state index in [0.717, 1.165) is 13.1 Å². The van der Waals surface area contributed by atoms with Crippen LogP contribution >= 0.6 is 11.8 Å². The molecule has 0 aromatic rings. The maximum absolute atomic E-state index is 11.8. The normalized spacial score (nSPS) is 12.0. The van der Waals surface area contributed by atoms with Crippen molar-refractivity contribution >= 4 is 23.6 Å². The highest BCUT2D eigenvalue weighted by Crippen LogP contribution is 2.06. The number of ether oxygens (including phenoxy) is 1. The van der Waals surface area contributed by atoms with E-state index in [9.17, 15) is 9.59 Å². The van der Waals surface area contributed by atoms with Gasteiger partial charge in [-0.1, -0.05) is 6.92 Å². The van der Waals surface area contributed by atoms with Crippen LogP contribution in [0.5, 0.6) is 0 Å². The Balaban J connectivity index is 4.11. The predicted molar refractivity (Wildman–Crippen MR) is 79.4 cm³/mol. The van der Waals surface area contributed by atoms with Gasteiger partial charge in [0.15, 0.2) is 0 Å². The lowest BCUT2D eigenvalue weighted by Gasteiger charge is -2.19. The van der Waals surface area contributed by atoms with E-state index in [4.69, 9.17) is 4.74 Å². The molecule has 0 saturated heterocycles. The third-order valence-corrected chi connectivity index (χ3v) is 3.67. The number of nitrogens with zero attached hydrogens (tertiary/aromatic N) is 1. The summed E-state index contributed by atoms with van der Waals surface area (Å²) in [5.41, 5.74) is 0. The second-order valence-corrected chi connectivity index (χ2v) is 4.97. The first-order valence-corrected chi connectivity index (χ1v) is 8.01. The molecule has 0 aliphatic carbocycles. The van der Waals surface area contributed by atoms with E-state index < -0.39 is 0 Å². The standard InChI is InChI=1S/C13H26N2O3S/c1-5-14-11(13(17)18-8-4)9-19-10-12(16)15(6-2)7-3/h11,14H,5-10H2,1-4H3. The van der Waals surface area contributed by atoms with Crippen LogP contribution in [0, 0.1) is 0 Å². The van der Waals surface area contributed by atoms with Crippen molar-refractivity contribution < 1.29 is 14.3 Å². The topological polar surface area (TPSA) is 58.6 Å². The van der Waals surface area contributed by atoms with Gasteiger partial charge in [-0.05, 0) is 27.3 Å². The van der Waals surface area contributed by atoms with Gasteiger partial charge in [0.05, 0.1) is 12.4 Å². The van der Waals surface area contributed by atoms with Gasteiger partial charge in [0.1, 0.15) is 6.04 Å². The Labute approximate surface area is 120 Å². The summed E-state index contributed by atoms with van der Waals surface area (Å²) in [4.78, 5) is 25.3. The Morgan fingerprint density at radius 3 is 2.32 bits per heavy atom. The first kappa shape index (κ1) is 18.2. The maximum Gasteiger partial charge on any atom is 0.323 e. The Kier molecular flexibility index (Phi) is 10.7. The predicted octanol–water partition coefficient (Wildman–Crippen LogP) is 1.13. The van der Waals surface area contributed by atoms with Crippen molar-refractivity contribution in [3.8, 4) is 0 Å². The summed E-state index contributed by atoms with van der Waals surface area (Å²) in [7, 11) is 0. The van der Waals surface area contributed by atoms with Crippen molar-refractivity contribution in [3.63, 3.8) is 0 Å². The van der Waals surface area contributed by atoms with Crippen molar-refractivity contribution in [3.05, 3.63) is 0 Å². The molecule has 0 aliphatic heterocycles. The van der Waals surface area contributed by atoms with Crippen LogP contribution in [0.1, 0.15) is 27.7 Å². The second kappa shape index (κ2) is 11.1. The quantitative estimate of drug-likeness (QED) is 0.611. The monoisotopic (exact) mass is 290 g/mol. The average Bonchev–Trinajstić information content (AvgIpc) is 2.39. The van der Waals surface area contributed by atoms with Crippen molar-refractivity contribution in [2.45, 2.75) is 33.7 Å². The molecule has 6 heteroatoms. The summed E-state index contributed by atoms with van der Waals surface area (Å²) in [6.07, 6.45) is 0. The fraction of sp³-hybridized carbons (Fsp3) is 0.846. The van der Waals surface area contributed by atoms with E-state index in [1.807, 2.05) is 20.8 Å². The Hall–Kier alpha value is -0.750. The zero-order valence-electron chi connectivity index (χ0n) is 12.4. The molecule has 0 spiro atoms.